The van der Waals surface area contributed by atoms with Gasteiger partial charge in [0.05, 0.1) is 16.1 Å². The maximum atomic E-state index is 11.6. The Balaban J connectivity index is 2.14. The summed E-state index contributed by atoms with van der Waals surface area (Å²) in [7, 11) is 0. The number of ether oxygens (including phenoxy) is 2. The molecular weight excluding hydrogens is 412 g/mol. The van der Waals surface area contributed by atoms with Crippen LogP contribution in [0.2, 0.25) is 5.02 Å². The molecule has 2 N–H and O–H groups in total. The fourth-order valence-corrected chi connectivity index (χ4v) is 3.15. The number of hydrogen-bond donors (Lipinski definition) is 2. The number of rotatable bonds is 7. The van der Waals surface area contributed by atoms with Crippen molar-refractivity contribution in [3.8, 4) is 5.75 Å². The maximum Gasteiger partial charge on any atom is 0.338 e. The largest absolute Gasteiger partial charge is 0.486 e. The third-order valence-corrected chi connectivity index (χ3v) is 4.29. The quantitative estimate of drug-likeness (QED) is 0.657. The van der Waals surface area contributed by atoms with E-state index in [0.29, 0.717) is 16.8 Å². The number of aliphatic hydroxyl groups excluding tert-OH is 2. The Morgan fingerprint density at radius 2 is 1.92 bits per heavy atom. The van der Waals surface area contributed by atoms with Crippen LogP contribution in [0.4, 0.5) is 0 Å². The standard InChI is InChI=1S/C18H18BrClO5/c1-2-24-18(23)16(22)15(21)12-8-13(19)17(14(20)9-12)25-10-11-6-4-3-5-7-11/h3-9,15-16,21-22H,2,10H2,1H3/t15-,16+/m0/s1. The second kappa shape index (κ2) is 9.20. The molecule has 0 heterocycles. The Bertz CT molecular complexity index is 700. The molecule has 0 unspecified atom stereocenters. The molecule has 0 radical (unpaired) electrons. The smallest absolute Gasteiger partial charge is 0.338 e. The van der Waals surface area contributed by atoms with E-state index in [2.05, 4.69) is 15.9 Å². The second-order valence-electron chi connectivity index (χ2n) is 5.23. The van der Waals surface area contributed by atoms with Gasteiger partial charge in [0.1, 0.15) is 12.7 Å². The molecule has 0 spiro atoms. The first-order chi connectivity index (χ1) is 11.9. The Morgan fingerprint density at radius 1 is 1.24 bits per heavy atom. The van der Waals surface area contributed by atoms with Gasteiger partial charge >= 0.3 is 5.97 Å². The molecule has 0 aliphatic rings. The van der Waals surface area contributed by atoms with Crippen LogP contribution < -0.4 is 4.74 Å². The van der Waals surface area contributed by atoms with Crippen molar-refractivity contribution in [2.24, 2.45) is 0 Å². The van der Waals surface area contributed by atoms with Crippen molar-refractivity contribution < 1.29 is 24.5 Å². The van der Waals surface area contributed by atoms with E-state index in [0.717, 1.165) is 5.56 Å². The van der Waals surface area contributed by atoms with Gasteiger partial charge < -0.3 is 19.7 Å². The number of carbonyl (C=O) groups excluding carboxylic acids is 1. The van der Waals surface area contributed by atoms with E-state index >= 15 is 0 Å². The van der Waals surface area contributed by atoms with Gasteiger partial charge in [0.2, 0.25) is 0 Å². The molecule has 0 fully saturated rings. The van der Waals surface area contributed by atoms with Crippen molar-refractivity contribution in [2.45, 2.75) is 25.7 Å². The molecule has 25 heavy (non-hydrogen) atoms. The van der Waals surface area contributed by atoms with Gasteiger partial charge in [-0.25, -0.2) is 4.79 Å². The number of aliphatic hydroxyl groups is 2. The first-order valence-corrected chi connectivity index (χ1v) is 8.79. The van der Waals surface area contributed by atoms with E-state index in [1.165, 1.54) is 6.07 Å². The topological polar surface area (TPSA) is 76.0 Å². The van der Waals surface area contributed by atoms with Crippen molar-refractivity contribution >= 4 is 33.5 Å². The minimum Gasteiger partial charge on any atom is -0.486 e. The lowest BCUT2D eigenvalue weighted by atomic mass is 10.0. The summed E-state index contributed by atoms with van der Waals surface area (Å²) >= 11 is 9.56. The van der Waals surface area contributed by atoms with Gasteiger partial charge in [0.15, 0.2) is 11.9 Å². The minimum absolute atomic E-state index is 0.110. The molecule has 2 aromatic rings. The fourth-order valence-electron chi connectivity index (χ4n) is 2.16. The number of benzene rings is 2. The van der Waals surface area contributed by atoms with E-state index in [1.54, 1.807) is 13.0 Å². The molecule has 0 aliphatic carbocycles. The van der Waals surface area contributed by atoms with Gasteiger partial charge in [-0.3, -0.25) is 0 Å². The predicted octanol–water partition coefficient (Wildman–Crippen LogP) is 3.64. The average Bonchev–Trinajstić information content (AvgIpc) is 2.60. The first-order valence-electron chi connectivity index (χ1n) is 7.62. The van der Waals surface area contributed by atoms with E-state index < -0.39 is 18.2 Å². The van der Waals surface area contributed by atoms with Crippen LogP contribution in [-0.4, -0.2) is 28.9 Å². The SMILES string of the molecule is CCOC(=O)[C@H](O)[C@@H](O)c1cc(Cl)c(OCc2ccccc2)c(Br)c1. The van der Waals surface area contributed by atoms with E-state index in [9.17, 15) is 15.0 Å². The molecule has 0 bridgehead atoms. The van der Waals surface area contributed by atoms with E-state index in [4.69, 9.17) is 21.1 Å². The normalized spacial score (nSPS) is 13.2. The summed E-state index contributed by atoms with van der Waals surface area (Å²) in [6, 6.07) is 12.6. The van der Waals surface area contributed by atoms with Gasteiger partial charge in [-0.1, -0.05) is 41.9 Å². The summed E-state index contributed by atoms with van der Waals surface area (Å²) in [5, 5.41) is 20.3. The van der Waals surface area contributed by atoms with Crippen LogP contribution in [0.15, 0.2) is 46.9 Å². The van der Waals surface area contributed by atoms with Crippen molar-refractivity contribution in [3.63, 3.8) is 0 Å². The second-order valence-corrected chi connectivity index (χ2v) is 6.49. The molecule has 2 aromatic carbocycles. The third kappa shape index (κ3) is 5.19. The number of esters is 1. The van der Waals surface area contributed by atoms with Crippen LogP contribution in [0.1, 0.15) is 24.2 Å². The van der Waals surface area contributed by atoms with Crippen LogP contribution in [0.3, 0.4) is 0 Å². The van der Waals surface area contributed by atoms with Crippen LogP contribution in [0.25, 0.3) is 0 Å². The molecule has 134 valence electrons. The molecule has 0 amide bonds. The molecule has 2 atom stereocenters. The summed E-state index contributed by atoms with van der Waals surface area (Å²) < 4.78 is 10.9. The van der Waals surface area contributed by atoms with Crippen molar-refractivity contribution in [2.75, 3.05) is 6.61 Å². The fraction of sp³-hybridized carbons (Fsp3) is 0.278. The van der Waals surface area contributed by atoms with Gasteiger partial charge in [-0.15, -0.1) is 0 Å². The molecule has 5 nitrogen and oxygen atoms in total. The lowest BCUT2D eigenvalue weighted by Gasteiger charge is -2.18. The highest BCUT2D eigenvalue weighted by Gasteiger charge is 2.28. The van der Waals surface area contributed by atoms with Crippen LogP contribution >= 0.6 is 27.5 Å². The summed E-state index contributed by atoms with van der Waals surface area (Å²) in [6.07, 6.45) is -3.16. The summed E-state index contributed by atoms with van der Waals surface area (Å²) in [5.41, 5.74) is 1.25. The van der Waals surface area contributed by atoms with Gasteiger partial charge in [0.25, 0.3) is 0 Å². The predicted molar refractivity (Wildman–Crippen MR) is 97.5 cm³/mol. The number of carbonyl (C=O) groups is 1. The molecule has 0 saturated heterocycles. The average molecular weight is 430 g/mol. The van der Waals surface area contributed by atoms with E-state index in [-0.39, 0.29) is 17.2 Å². The zero-order valence-corrected chi connectivity index (χ0v) is 15.8. The highest BCUT2D eigenvalue weighted by atomic mass is 79.9. The number of halogens is 2. The monoisotopic (exact) mass is 428 g/mol. The molecule has 0 saturated carbocycles. The molecule has 7 heteroatoms. The highest BCUT2D eigenvalue weighted by molar-refractivity contribution is 9.10. The number of hydrogen-bond acceptors (Lipinski definition) is 5. The third-order valence-electron chi connectivity index (χ3n) is 3.42. The Kier molecular flexibility index (Phi) is 7.25. The maximum absolute atomic E-state index is 11.6. The molecule has 2 rings (SSSR count). The Labute approximate surface area is 159 Å². The Hall–Kier alpha value is -1.60. The molecule has 0 aromatic heterocycles. The van der Waals surface area contributed by atoms with Crippen molar-refractivity contribution in [1.29, 1.82) is 0 Å². The van der Waals surface area contributed by atoms with Gasteiger partial charge in [-0.2, -0.15) is 0 Å². The van der Waals surface area contributed by atoms with Crippen LogP contribution in [0.5, 0.6) is 5.75 Å². The van der Waals surface area contributed by atoms with Crippen LogP contribution in [0, 0.1) is 0 Å². The van der Waals surface area contributed by atoms with Crippen molar-refractivity contribution in [1.82, 2.24) is 0 Å². The summed E-state index contributed by atoms with van der Waals surface area (Å²) in [6.45, 7) is 2.05. The Morgan fingerprint density at radius 3 is 2.52 bits per heavy atom. The minimum atomic E-state index is -1.70. The lowest BCUT2D eigenvalue weighted by molar-refractivity contribution is -0.159. The first kappa shape index (κ1) is 19.7. The van der Waals surface area contributed by atoms with Crippen molar-refractivity contribution in [3.05, 3.63) is 63.1 Å². The highest BCUT2D eigenvalue weighted by Crippen LogP contribution is 2.37. The van der Waals surface area contributed by atoms with Gasteiger partial charge in [0, 0.05) is 0 Å². The molecular formula is C18H18BrClO5. The molecule has 0 aliphatic heterocycles. The lowest BCUT2D eigenvalue weighted by Crippen LogP contribution is -2.29. The zero-order chi connectivity index (χ0) is 18.4. The zero-order valence-electron chi connectivity index (χ0n) is 13.5. The van der Waals surface area contributed by atoms with Crippen LogP contribution in [-0.2, 0) is 16.1 Å². The van der Waals surface area contributed by atoms with E-state index in [1.807, 2.05) is 30.3 Å². The summed E-state index contributed by atoms with van der Waals surface area (Å²) in [5.74, 6) is -0.487. The summed E-state index contributed by atoms with van der Waals surface area (Å²) in [4.78, 5) is 11.6. The van der Waals surface area contributed by atoms with Gasteiger partial charge in [-0.05, 0) is 46.1 Å².